The van der Waals surface area contributed by atoms with Crippen molar-refractivity contribution in [3.05, 3.63) is 47.0 Å². The SMILES string of the molecule is CCCNC(CSc1nccs1)c1ccccc1C. The van der Waals surface area contributed by atoms with Crippen molar-refractivity contribution in [1.29, 1.82) is 0 Å². The van der Waals surface area contributed by atoms with Gasteiger partial charge in [-0.1, -0.05) is 43.0 Å². The van der Waals surface area contributed by atoms with Crippen molar-refractivity contribution < 1.29 is 0 Å². The molecule has 19 heavy (non-hydrogen) atoms. The molecule has 0 radical (unpaired) electrons. The minimum atomic E-state index is 0.398. The van der Waals surface area contributed by atoms with Crippen molar-refractivity contribution in [3.63, 3.8) is 0 Å². The van der Waals surface area contributed by atoms with E-state index in [1.807, 2.05) is 23.3 Å². The van der Waals surface area contributed by atoms with Gasteiger partial charge in [0.25, 0.3) is 0 Å². The molecule has 2 rings (SSSR count). The molecule has 0 spiro atoms. The third-order valence-electron chi connectivity index (χ3n) is 2.99. The van der Waals surface area contributed by atoms with Crippen molar-refractivity contribution >= 4 is 23.1 Å². The lowest BCUT2D eigenvalue weighted by atomic mass is 10.0. The lowest BCUT2D eigenvalue weighted by Crippen LogP contribution is -2.24. The van der Waals surface area contributed by atoms with Crippen molar-refractivity contribution in [1.82, 2.24) is 10.3 Å². The number of thiazole rings is 1. The van der Waals surface area contributed by atoms with Gasteiger partial charge in [-0.05, 0) is 31.0 Å². The minimum absolute atomic E-state index is 0.398. The van der Waals surface area contributed by atoms with Gasteiger partial charge in [0.2, 0.25) is 0 Å². The Balaban J connectivity index is 2.05. The largest absolute Gasteiger partial charge is 0.309 e. The Hall–Kier alpha value is -0.840. The Morgan fingerprint density at radius 1 is 1.37 bits per heavy atom. The summed E-state index contributed by atoms with van der Waals surface area (Å²) in [6.45, 7) is 5.44. The summed E-state index contributed by atoms with van der Waals surface area (Å²) in [5.74, 6) is 1.03. The molecule has 1 N–H and O–H groups in total. The lowest BCUT2D eigenvalue weighted by molar-refractivity contribution is 0.575. The summed E-state index contributed by atoms with van der Waals surface area (Å²) in [5, 5.41) is 5.68. The molecule has 2 nitrogen and oxygen atoms in total. The van der Waals surface area contributed by atoms with Crippen LogP contribution >= 0.6 is 23.1 Å². The Morgan fingerprint density at radius 3 is 2.89 bits per heavy atom. The number of aryl methyl sites for hydroxylation is 1. The number of hydrogen-bond acceptors (Lipinski definition) is 4. The van der Waals surface area contributed by atoms with Gasteiger partial charge in [0.05, 0.1) is 0 Å². The highest BCUT2D eigenvalue weighted by atomic mass is 32.2. The van der Waals surface area contributed by atoms with Crippen molar-refractivity contribution in [2.75, 3.05) is 12.3 Å². The van der Waals surface area contributed by atoms with E-state index >= 15 is 0 Å². The maximum Gasteiger partial charge on any atom is 0.149 e. The van der Waals surface area contributed by atoms with Crippen molar-refractivity contribution in [2.24, 2.45) is 0 Å². The second-order valence-electron chi connectivity index (χ2n) is 4.47. The van der Waals surface area contributed by atoms with E-state index in [0.717, 1.165) is 23.1 Å². The first-order chi connectivity index (χ1) is 9.31. The first-order valence-corrected chi connectivity index (χ1v) is 8.49. The molecule has 0 aliphatic rings. The molecule has 0 aliphatic carbocycles. The zero-order valence-corrected chi connectivity index (χ0v) is 13.1. The standard InChI is InChI=1S/C15H20N2S2/c1-3-8-16-14(11-19-15-17-9-10-18-15)13-7-5-4-6-12(13)2/h4-7,9-10,14,16H,3,8,11H2,1-2H3. The van der Waals surface area contributed by atoms with E-state index in [9.17, 15) is 0 Å². The number of nitrogens with one attached hydrogen (secondary N) is 1. The van der Waals surface area contributed by atoms with E-state index in [4.69, 9.17) is 0 Å². The Kier molecular flexibility index (Phi) is 5.89. The first kappa shape index (κ1) is 14.6. The number of rotatable bonds is 7. The topological polar surface area (TPSA) is 24.9 Å². The molecule has 1 atom stereocenters. The molecular weight excluding hydrogens is 272 g/mol. The number of aromatic nitrogens is 1. The normalized spacial score (nSPS) is 12.5. The number of hydrogen-bond donors (Lipinski definition) is 1. The summed E-state index contributed by atoms with van der Waals surface area (Å²) in [7, 11) is 0. The molecule has 2 aromatic rings. The van der Waals surface area contributed by atoms with Gasteiger partial charge >= 0.3 is 0 Å². The second kappa shape index (κ2) is 7.68. The Morgan fingerprint density at radius 2 is 2.21 bits per heavy atom. The molecule has 1 aromatic heterocycles. The van der Waals surface area contributed by atoms with E-state index < -0.39 is 0 Å². The van der Waals surface area contributed by atoms with Gasteiger partial charge in [-0.2, -0.15) is 0 Å². The molecule has 0 fully saturated rings. The van der Waals surface area contributed by atoms with Gasteiger partial charge in [-0.3, -0.25) is 0 Å². The molecule has 4 heteroatoms. The number of nitrogens with zero attached hydrogens (tertiary/aromatic N) is 1. The van der Waals surface area contributed by atoms with Gasteiger partial charge in [0, 0.05) is 23.4 Å². The van der Waals surface area contributed by atoms with Crippen LogP contribution in [0.1, 0.15) is 30.5 Å². The highest BCUT2D eigenvalue weighted by molar-refractivity contribution is 8.01. The Bertz CT molecular complexity index is 483. The summed E-state index contributed by atoms with van der Waals surface area (Å²) in [6, 6.07) is 9.03. The molecule has 0 bridgehead atoms. The zero-order chi connectivity index (χ0) is 13.5. The molecule has 0 saturated carbocycles. The van der Waals surface area contributed by atoms with Crippen LogP contribution in [0.3, 0.4) is 0 Å². The molecule has 1 unspecified atom stereocenters. The molecule has 0 amide bonds. The predicted molar refractivity (Wildman–Crippen MR) is 85.1 cm³/mol. The van der Waals surface area contributed by atoms with Crippen LogP contribution in [0, 0.1) is 6.92 Å². The molecule has 102 valence electrons. The zero-order valence-electron chi connectivity index (χ0n) is 11.4. The fourth-order valence-corrected chi connectivity index (χ4v) is 3.74. The van der Waals surface area contributed by atoms with Crippen LogP contribution in [0.4, 0.5) is 0 Å². The van der Waals surface area contributed by atoms with E-state index in [1.54, 1.807) is 11.3 Å². The summed E-state index contributed by atoms with van der Waals surface area (Å²) in [4.78, 5) is 4.34. The van der Waals surface area contributed by atoms with Gasteiger partial charge in [0.15, 0.2) is 0 Å². The first-order valence-electron chi connectivity index (χ1n) is 6.62. The molecule has 1 heterocycles. The summed E-state index contributed by atoms with van der Waals surface area (Å²) in [6.07, 6.45) is 3.03. The van der Waals surface area contributed by atoms with Gasteiger partial charge < -0.3 is 5.32 Å². The fraction of sp³-hybridized carbons (Fsp3) is 0.400. The highest BCUT2D eigenvalue weighted by Gasteiger charge is 2.13. The average Bonchev–Trinajstić information content (AvgIpc) is 2.93. The average molecular weight is 292 g/mol. The van der Waals surface area contributed by atoms with Crippen LogP contribution < -0.4 is 5.32 Å². The number of thioether (sulfide) groups is 1. The third kappa shape index (κ3) is 4.34. The summed E-state index contributed by atoms with van der Waals surface area (Å²) >= 11 is 3.55. The van der Waals surface area contributed by atoms with Crippen molar-refractivity contribution in [2.45, 2.75) is 30.6 Å². The van der Waals surface area contributed by atoms with Crippen LogP contribution in [0.25, 0.3) is 0 Å². The van der Waals surface area contributed by atoms with E-state index in [1.165, 1.54) is 11.1 Å². The smallest absolute Gasteiger partial charge is 0.149 e. The Labute approximate surface area is 123 Å². The van der Waals surface area contributed by atoms with Crippen LogP contribution in [0.5, 0.6) is 0 Å². The molecule has 0 aliphatic heterocycles. The van der Waals surface area contributed by atoms with Gasteiger partial charge in [-0.15, -0.1) is 11.3 Å². The van der Waals surface area contributed by atoms with Crippen LogP contribution in [-0.2, 0) is 0 Å². The predicted octanol–water partition coefficient (Wildman–Crippen LogP) is 4.28. The number of benzene rings is 1. The summed E-state index contributed by atoms with van der Waals surface area (Å²) < 4.78 is 1.15. The van der Waals surface area contributed by atoms with Gasteiger partial charge in [-0.25, -0.2) is 4.98 Å². The highest BCUT2D eigenvalue weighted by Crippen LogP contribution is 2.27. The maximum atomic E-state index is 4.34. The van der Waals surface area contributed by atoms with Crippen LogP contribution in [0.15, 0.2) is 40.2 Å². The fourth-order valence-electron chi connectivity index (χ4n) is 1.99. The van der Waals surface area contributed by atoms with E-state index in [-0.39, 0.29) is 0 Å². The monoisotopic (exact) mass is 292 g/mol. The molecule has 0 saturated heterocycles. The molecular formula is C15H20N2S2. The van der Waals surface area contributed by atoms with Crippen molar-refractivity contribution in [3.8, 4) is 0 Å². The quantitative estimate of drug-likeness (QED) is 0.771. The third-order valence-corrected chi connectivity index (χ3v) is 5.05. The maximum absolute atomic E-state index is 4.34. The van der Waals surface area contributed by atoms with E-state index in [2.05, 4.69) is 48.4 Å². The van der Waals surface area contributed by atoms with Gasteiger partial charge in [0.1, 0.15) is 4.34 Å². The minimum Gasteiger partial charge on any atom is -0.309 e. The summed E-state index contributed by atoms with van der Waals surface area (Å²) in [5.41, 5.74) is 2.76. The second-order valence-corrected chi connectivity index (χ2v) is 6.63. The van der Waals surface area contributed by atoms with E-state index in [0.29, 0.717) is 6.04 Å². The molecule has 1 aromatic carbocycles. The lowest BCUT2D eigenvalue weighted by Gasteiger charge is -2.20. The van der Waals surface area contributed by atoms with Crippen LogP contribution in [-0.4, -0.2) is 17.3 Å². The van der Waals surface area contributed by atoms with Crippen LogP contribution in [0.2, 0.25) is 0 Å².